The van der Waals surface area contributed by atoms with Crippen LogP contribution < -0.4 is 19.5 Å². The van der Waals surface area contributed by atoms with Gasteiger partial charge in [-0.1, -0.05) is 81.4 Å². The Balaban J connectivity index is 2.17. The summed E-state index contributed by atoms with van der Waals surface area (Å²) in [6, 6.07) is 26.3. The van der Waals surface area contributed by atoms with E-state index in [1.807, 2.05) is 31.2 Å². The number of hydrogen-bond donors (Lipinski definition) is 1. The van der Waals surface area contributed by atoms with Gasteiger partial charge in [0.15, 0.2) is 0 Å². The SMILES string of the molecule is Cc1cc(NS(C)(=O)=O)ccc1O[Si](c1ccccc1)(c1ccccc1)C(C)(C)C. The van der Waals surface area contributed by atoms with Crippen LogP contribution in [0.15, 0.2) is 78.9 Å². The second-order valence-electron chi connectivity index (χ2n) is 8.62. The summed E-state index contributed by atoms with van der Waals surface area (Å²) in [5.41, 5.74) is 1.42. The van der Waals surface area contributed by atoms with Gasteiger partial charge in [0.05, 0.1) is 6.26 Å². The first-order valence-electron chi connectivity index (χ1n) is 9.91. The van der Waals surface area contributed by atoms with Crippen LogP contribution in [0.4, 0.5) is 5.69 Å². The molecule has 0 heterocycles. The number of sulfonamides is 1. The molecule has 0 saturated heterocycles. The highest BCUT2D eigenvalue weighted by Gasteiger charge is 2.52. The fourth-order valence-corrected chi connectivity index (χ4v) is 8.90. The summed E-state index contributed by atoms with van der Waals surface area (Å²) in [5, 5.41) is 2.24. The minimum absolute atomic E-state index is 0.147. The van der Waals surface area contributed by atoms with Crippen molar-refractivity contribution in [2.75, 3.05) is 11.0 Å². The van der Waals surface area contributed by atoms with E-state index in [0.29, 0.717) is 5.69 Å². The van der Waals surface area contributed by atoms with Crippen molar-refractivity contribution in [3.8, 4) is 5.75 Å². The van der Waals surface area contributed by atoms with Crippen LogP contribution in [0, 0.1) is 6.92 Å². The van der Waals surface area contributed by atoms with Crippen molar-refractivity contribution < 1.29 is 12.8 Å². The van der Waals surface area contributed by atoms with Gasteiger partial charge >= 0.3 is 8.32 Å². The molecule has 3 aromatic carbocycles. The first-order valence-corrected chi connectivity index (χ1v) is 13.7. The molecule has 0 fully saturated rings. The van der Waals surface area contributed by atoms with Gasteiger partial charge in [-0.15, -0.1) is 0 Å². The molecular formula is C24H29NO3SSi. The molecule has 0 aliphatic heterocycles. The van der Waals surface area contributed by atoms with E-state index in [4.69, 9.17) is 4.43 Å². The normalized spacial score (nSPS) is 12.4. The standard InChI is InChI=1S/C24H29NO3SSi/c1-19-18-20(25-29(5,26)27)16-17-23(19)28-30(24(2,3)4,21-12-8-6-9-13-21)22-14-10-7-11-15-22/h6-18,25H,1-5H3. The highest BCUT2D eigenvalue weighted by Crippen LogP contribution is 2.38. The molecule has 0 aliphatic rings. The maximum atomic E-state index is 11.6. The highest BCUT2D eigenvalue weighted by molar-refractivity contribution is 7.92. The molecule has 3 rings (SSSR count). The molecule has 6 heteroatoms. The summed E-state index contributed by atoms with van der Waals surface area (Å²) in [6.07, 6.45) is 1.15. The molecule has 0 saturated carbocycles. The molecule has 30 heavy (non-hydrogen) atoms. The van der Waals surface area contributed by atoms with Gasteiger partial charge in [0.2, 0.25) is 10.0 Å². The number of benzene rings is 3. The molecule has 3 aromatic rings. The summed E-state index contributed by atoms with van der Waals surface area (Å²) in [4.78, 5) is 0. The lowest BCUT2D eigenvalue weighted by Gasteiger charge is -2.43. The summed E-state index contributed by atoms with van der Waals surface area (Å²) >= 11 is 0. The van der Waals surface area contributed by atoms with E-state index in [-0.39, 0.29) is 5.04 Å². The summed E-state index contributed by atoms with van der Waals surface area (Å²) in [6.45, 7) is 8.64. The van der Waals surface area contributed by atoms with Gasteiger partial charge in [-0.2, -0.15) is 0 Å². The van der Waals surface area contributed by atoms with Crippen LogP contribution in [0.5, 0.6) is 5.75 Å². The van der Waals surface area contributed by atoms with Crippen molar-refractivity contribution in [3.63, 3.8) is 0 Å². The van der Waals surface area contributed by atoms with E-state index in [1.165, 1.54) is 10.4 Å². The van der Waals surface area contributed by atoms with Crippen molar-refractivity contribution in [2.45, 2.75) is 32.7 Å². The van der Waals surface area contributed by atoms with Gasteiger partial charge in [0, 0.05) is 5.69 Å². The average Bonchev–Trinajstić information content (AvgIpc) is 2.67. The quantitative estimate of drug-likeness (QED) is 0.583. The fourth-order valence-electron chi connectivity index (χ4n) is 3.86. The van der Waals surface area contributed by atoms with Crippen LogP contribution in [0.1, 0.15) is 26.3 Å². The molecule has 1 N–H and O–H groups in total. The van der Waals surface area contributed by atoms with Crippen LogP contribution >= 0.6 is 0 Å². The lowest BCUT2D eigenvalue weighted by atomic mass is 10.2. The number of nitrogens with one attached hydrogen (secondary N) is 1. The van der Waals surface area contributed by atoms with E-state index >= 15 is 0 Å². The molecule has 0 aliphatic carbocycles. The highest BCUT2D eigenvalue weighted by atomic mass is 32.2. The van der Waals surface area contributed by atoms with Crippen molar-refractivity contribution in [2.24, 2.45) is 0 Å². The van der Waals surface area contributed by atoms with Crippen molar-refractivity contribution in [3.05, 3.63) is 84.4 Å². The van der Waals surface area contributed by atoms with E-state index in [1.54, 1.807) is 6.07 Å². The Hall–Kier alpha value is -2.57. The van der Waals surface area contributed by atoms with Gasteiger partial charge in [-0.25, -0.2) is 8.42 Å². The van der Waals surface area contributed by atoms with Crippen molar-refractivity contribution >= 4 is 34.4 Å². The van der Waals surface area contributed by atoms with Crippen LogP contribution in [0.2, 0.25) is 5.04 Å². The largest absolute Gasteiger partial charge is 0.534 e. The van der Waals surface area contributed by atoms with Crippen LogP contribution in [-0.2, 0) is 10.0 Å². The Kier molecular flexibility index (Phi) is 6.10. The summed E-state index contributed by atoms with van der Waals surface area (Å²) in [5.74, 6) is 0.767. The Labute approximate surface area is 181 Å². The predicted octanol–water partition coefficient (Wildman–Crippen LogP) is 4.31. The van der Waals surface area contributed by atoms with Gasteiger partial charge in [-0.05, 0) is 46.1 Å². The summed E-state index contributed by atoms with van der Waals surface area (Å²) in [7, 11) is -6.06. The smallest absolute Gasteiger partial charge is 0.319 e. The molecule has 0 bridgehead atoms. The first kappa shape index (κ1) is 22.1. The fraction of sp³-hybridized carbons (Fsp3) is 0.250. The molecule has 158 valence electrons. The summed E-state index contributed by atoms with van der Waals surface area (Å²) < 4.78 is 32.7. The number of hydrogen-bond acceptors (Lipinski definition) is 3. The third-order valence-corrected chi connectivity index (χ3v) is 10.7. The van der Waals surface area contributed by atoms with Crippen LogP contribution in [0.3, 0.4) is 0 Å². The molecule has 0 aromatic heterocycles. The maximum absolute atomic E-state index is 11.6. The maximum Gasteiger partial charge on any atom is 0.319 e. The van der Waals surface area contributed by atoms with Gasteiger partial charge in [-0.3, -0.25) is 4.72 Å². The molecule has 4 nitrogen and oxygen atoms in total. The third kappa shape index (κ3) is 4.60. The lowest BCUT2D eigenvalue weighted by Crippen LogP contribution is -2.68. The molecular weight excluding hydrogens is 410 g/mol. The minimum atomic E-state index is -3.33. The number of rotatable bonds is 6. The Morgan fingerprint density at radius 3 is 1.73 bits per heavy atom. The molecule has 0 radical (unpaired) electrons. The molecule has 0 atom stereocenters. The molecule has 0 amide bonds. The van der Waals surface area contributed by atoms with Crippen LogP contribution in [0.25, 0.3) is 0 Å². The van der Waals surface area contributed by atoms with Gasteiger partial charge < -0.3 is 4.43 Å². The number of aryl methyl sites for hydroxylation is 1. The zero-order chi connectivity index (χ0) is 22.0. The van der Waals surface area contributed by atoms with Gasteiger partial charge in [0.25, 0.3) is 0 Å². The monoisotopic (exact) mass is 439 g/mol. The van der Waals surface area contributed by atoms with E-state index < -0.39 is 18.3 Å². The lowest BCUT2D eigenvalue weighted by molar-refractivity contribution is 0.505. The van der Waals surface area contributed by atoms with E-state index in [2.05, 4.69) is 74.0 Å². The second kappa shape index (κ2) is 8.28. The number of anilines is 1. The van der Waals surface area contributed by atoms with E-state index in [9.17, 15) is 8.42 Å². The predicted molar refractivity (Wildman–Crippen MR) is 128 cm³/mol. The zero-order valence-corrected chi connectivity index (χ0v) is 20.0. The third-order valence-electron chi connectivity index (χ3n) is 5.16. The zero-order valence-electron chi connectivity index (χ0n) is 18.1. The van der Waals surface area contributed by atoms with Crippen molar-refractivity contribution in [1.82, 2.24) is 0 Å². The molecule has 0 unspecified atom stereocenters. The van der Waals surface area contributed by atoms with E-state index in [0.717, 1.165) is 17.6 Å². The van der Waals surface area contributed by atoms with Crippen LogP contribution in [-0.4, -0.2) is 23.0 Å². The average molecular weight is 440 g/mol. The minimum Gasteiger partial charge on any atom is -0.534 e. The molecule has 0 spiro atoms. The van der Waals surface area contributed by atoms with Gasteiger partial charge in [0.1, 0.15) is 5.75 Å². The second-order valence-corrected chi connectivity index (χ2v) is 14.6. The Morgan fingerprint density at radius 1 is 0.833 bits per heavy atom. The topological polar surface area (TPSA) is 55.4 Å². The van der Waals surface area contributed by atoms with Crippen molar-refractivity contribution in [1.29, 1.82) is 0 Å². The Morgan fingerprint density at radius 2 is 1.33 bits per heavy atom. The first-order chi connectivity index (χ1) is 14.0. The Bertz CT molecular complexity index is 1070.